The molecule has 1 amide bonds. The SMILES string of the molecule is Cc1cccc(C2/C(=C(/O)c3ccc4c(c3)CCCO4)C(=O)C(=O)N2c2ccc(C(F)(F)F)cc2)c1. The summed E-state index contributed by atoms with van der Waals surface area (Å²) in [5, 5.41) is 11.3. The van der Waals surface area contributed by atoms with Gasteiger partial charge in [-0.05, 0) is 73.4 Å². The molecule has 0 aromatic heterocycles. The number of Topliss-reactive ketones (excluding diaryl/α,β-unsaturated/α-hetero) is 1. The maximum atomic E-state index is 13.3. The summed E-state index contributed by atoms with van der Waals surface area (Å²) in [5.41, 5.74) is 1.79. The fraction of sp³-hybridized carbons (Fsp3) is 0.214. The lowest BCUT2D eigenvalue weighted by Gasteiger charge is -2.26. The van der Waals surface area contributed by atoms with Crippen molar-refractivity contribution in [2.24, 2.45) is 0 Å². The highest BCUT2D eigenvalue weighted by atomic mass is 19.4. The smallest absolute Gasteiger partial charge is 0.416 e. The molecule has 1 fully saturated rings. The lowest BCUT2D eigenvalue weighted by atomic mass is 9.93. The van der Waals surface area contributed by atoms with Crippen molar-refractivity contribution in [3.63, 3.8) is 0 Å². The molecule has 3 aromatic rings. The number of carbonyl (C=O) groups excluding carboxylic acids is 2. The van der Waals surface area contributed by atoms with Gasteiger partial charge < -0.3 is 9.84 Å². The zero-order valence-corrected chi connectivity index (χ0v) is 19.3. The highest BCUT2D eigenvalue weighted by molar-refractivity contribution is 6.51. The monoisotopic (exact) mass is 493 g/mol. The van der Waals surface area contributed by atoms with Gasteiger partial charge in [-0.15, -0.1) is 0 Å². The van der Waals surface area contributed by atoms with Gasteiger partial charge >= 0.3 is 6.18 Å². The molecule has 36 heavy (non-hydrogen) atoms. The van der Waals surface area contributed by atoms with Crippen molar-refractivity contribution >= 4 is 23.1 Å². The number of amides is 1. The van der Waals surface area contributed by atoms with Crippen LogP contribution >= 0.6 is 0 Å². The van der Waals surface area contributed by atoms with Crippen LogP contribution in [0.4, 0.5) is 18.9 Å². The Morgan fingerprint density at radius 2 is 1.78 bits per heavy atom. The number of halogens is 3. The fourth-order valence-electron chi connectivity index (χ4n) is 4.73. The van der Waals surface area contributed by atoms with Gasteiger partial charge in [0.05, 0.1) is 23.8 Å². The van der Waals surface area contributed by atoms with Gasteiger partial charge in [0.2, 0.25) is 0 Å². The van der Waals surface area contributed by atoms with Crippen molar-refractivity contribution in [1.82, 2.24) is 0 Å². The molecule has 2 aliphatic heterocycles. The Morgan fingerprint density at radius 1 is 1.03 bits per heavy atom. The summed E-state index contributed by atoms with van der Waals surface area (Å²) >= 11 is 0. The number of nitrogens with zero attached hydrogens (tertiary/aromatic N) is 1. The predicted octanol–water partition coefficient (Wildman–Crippen LogP) is 5.97. The van der Waals surface area contributed by atoms with E-state index in [1.54, 1.807) is 36.4 Å². The minimum absolute atomic E-state index is 0.120. The molecule has 1 atom stereocenters. The summed E-state index contributed by atoms with van der Waals surface area (Å²) < 4.78 is 45.0. The molecule has 0 aliphatic carbocycles. The first-order valence-corrected chi connectivity index (χ1v) is 11.5. The summed E-state index contributed by atoms with van der Waals surface area (Å²) in [5.74, 6) is -1.47. The number of carbonyl (C=O) groups is 2. The molecule has 5 nitrogen and oxygen atoms in total. The summed E-state index contributed by atoms with van der Waals surface area (Å²) in [6.45, 7) is 2.45. The Hall–Kier alpha value is -4.07. The van der Waals surface area contributed by atoms with E-state index in [2.05, 4.69) is 0 Å². The van der Waals surface area contributed by atoms with Gasteiger partial charge in [-0.1, -0.05) is 29.8 Å². The Balaban J connectivity index is 1.67. The maximum Gasteiger partial charge on any atom is 0.416 e. The van der Waals surface area contributed by atoms with E-state index in [1.807, 2.05) is 13.0 Å². The minimum Gasteiger partial charge on any atom is -0.507 e. The summed E-state index contributed by atoms with van der Waals surface area (Å²) in [7, 11) is 0. The van der Waals surface area contributed by atoms with Crippen LogP contribution in [0.1, 0.15) is 40.3 Å². The first-order valence-electron chi connectivity index (χ1n) is 11.5. The molecule has 2 heterocycles. The minimum atomic E-state index is -4.54. The number of hydrogen-bond donors (Lipinski definition) is 1. The number of rotatable bonds is 3. The zero-order valence-electron chi connectivity index (χ0n) is 19.3. The molecule has 3 aromatic carbocycles. The number of aliphatic hydroxyl groups is 1. The number of ketones is 1. The number of anilines is 1. The predicted molar refractivity (Wildman–Crippen MR) is 128 cm³/mol. The third-order valence-corrected chi connectivity index (χ3v) is 6.46. The first-order chi connectivity index (χ1) is 17.1. The average Bonchev–Trinajstić information content (AvgIpc) is 3.13. The second-order valence-electron chi connectivity index (χ2n) is 8.90. The van der Waals surface area contributed by atoms with Crippen LogP contribution in [0.3, 0.4) is 0 Å². The molecule has 0 bridgehead atoms. The molecule has 2 aliphatic rings. The van der Waals surface area contributed by atoms with E-state index >= 15 is 0 Å². The molecule has 8 heteroatoms. The van der Waals surface area contributed by atoms with Crippen LogP contribution in [-0.2, 0) is 22.2 Å². The number of aryl methyl sites for hydroxylation is 2. The number of aliphatic hydroxyl groups excluding tert-OH is 1. The molecule has 0 spiro atoms. The largest absolute Gasteiger partial charge is 0.507 e. The Morgan fingerprint density at radius 3 is 2.47 bits per heavy atom. The highest BCUT2D eigenvalue weighted by Crippen LogP contribution is 2.43. The highest BCUT2D eigenvalue weighted by Gasteiger charge is 2.47. The van der Waals surface area contributed by atoms with Gasteiger partial charge in [0.1, 0.15) is 11.5 Å². The Bertz CT molecular complexity index is 1390. The van der Waals surface area contributed by atoms with Gasteiger partial charge in [-0.25, -0.2) is 0 Å². The van der Waals surface area contributed by atoms with Crippen LogP contribution in [0.15, 0.2) is 72.3 Å². The van der Waals surface area contributed by atoms with E-state index in [-0.39, 0.29) is 17.0 Å². The second-order valence-corrected chi connectivity index (χ2v) is 8.90. The maximum absolute atomic E-state index is 13.3. The van der Waals surface area contributed by atoms with Crippen molar-refractivity contribution in [3.05, 3.63) is 100 Å². The first kappa shape index (κ1) is 23.7. The summed E-state index contributed by atoms with van der Waals surface area (Å²) in [6, 6.07) is 15.2. The van der Waals surface area contributed by atoms with Crippen LogP contribution < -0.4 is 9.64 Å². The fourth-order valence-corrected chi connectivity index (χ4v) is 4.73. The van der Waals surface area contributed by atoms with E-state index in [4.69, 9.17) is 4.74 Å². The van der Waals surface area contributed by atoms with Crippen molar-refractivity contribution in [3.8, 4) is 5.75 Å². The van der Waals surface area contributed by atoms with Crippen LogP contribution in [0, 0.1) is 6.92 Å². The number of alkyl halides is 3. The molecule has 1 N–H and O–H groups in total. The topological polar surface area (TPSA) is 66.8 Å². The second kappa shape index (κ2) is 8.86. The number of fused-ring (bicyclic) bond motifs is 1. The molecule has 5 rings (SSSR count). The molecule has 0 saturated carbocycles. The molecule has 0 radical (unpaired) electrons. The molecular formula is C28H22F3NO4. The molecule has 1 unspecified atom stereocenters. The Labute approximate surface area is 205 Å². The van der Waals surface area contributed by atoms with E-state index in [1.165, 1.54) is 0 Å². The van der Waals surface area contributed by atoms with E-state index in [0.717, 1.165) is 53.1 Å². The van der Waals surface area contributed by atoms with Crippen LogP contribution in [-0.4, -0.2) is 23.4 Å². The van der Waals surface area contributed by atoms with Gasteiger partial charge in [0.25, 0.3) is 11.7 Å². The average molecular weight is 493 g/mol. The number of ether oxygens (including phenoxy) is 1. The van der Waals surface area contributed by atoms with Crippen molar-refractivity contribution in [2.45, 2.75) is 32.0 Å². The van der Waals surface area contributed by atoms with E-state index in [0.29, 0.717) is 23.5 Å². The van der Waals surface area contributed by atoms with Crippen LogP contribution in [0.5, 0.6) is 5.75 Å². The zero-order chi connectivity index (χ0) is 25.6. The van der Waals surface area contributed by atoms with E-state index < -0.39 is 29.5 Å². The number of hydrogen-bond acceptors (Lipinski definition) is 4. The molecule has 1 saturated heterocycles. The molecular weight excluding hydrogens is 471 g/mol. The quantitative estimate of drug-likeness (QED) is 0.278. The summed E-state index contributed by atoms with van der Waals surface area (Å²) in [6.07, 6.45) is -2.98. The number of benzene rings is 3. The van der Waals surface area contributed by atoms with Crippen LogP contribution in [0.2, 0.25) is 0 Å². The lowest BCUT2D eigenvalue weighted by molar-refractivity contribution is -0.137. The third-order valence-electron chi connectivity index (χ3n) is 6.46. The standard InChI is InChI=1S/C28H22F3NO4/c1-16-4-2-5-18(14-16)24-23(25(33)19-7-12-22-17(15-19)6-3-13-36-22)26(34)27(35)32(24)21-10-8-20(9-11-21)28(29,30)31/h2,4-5,7-12,14-15,24,33H,3,6,13H2,1H3/b25-23-. The van der Waals surface area contributed by atoms with Gasteiger partial charge in [-0.2, -0.15) is 13.2 Å². The van der Waals surface area contributed by atoms with Crippen LogP contribution in [0.25, 0.3) is 5.76 Å². The van der Waals surface area contributed by atoms with Crippen molar-refractivity contribution in [2.75, 3.05) is 11.5 Å². The van der Waals surface area contributed by atoms with E-state index in [9.17, 15) is 27.9 Å². The van der Waals surface area contributed by atoms with Gasteiger partial charge in [0, 0.05) is 11.3 Å². The Kier molecular flexibility index (Phi) is 5.82. The summed E-state index contributed by atoms with van der Waals surface area (Å²) in [4.78, 5) is 27.6. The third kappa shape index (κ3) is 4.12. The van der Waals surface area contributed by atoms with Gasteiger partial charge in [-0.3, -0.25) is 14.5 Å². The molecule has 184 valence electrons. The van der Waals surface area contributed by atoms with Gasteiger partial charge in [0.15, 0.2) is 0 Å². The van der Waals surface area contributed by atoms with Crippen molar-refractivity contribution < 1.29 is 32.6 Å². The normalized spacial score (nSPS) is 19.2. The lowest BCUT2D eigenvalue weighted by Crippen LogP contribution is -2.29. The van der Waals surface area contributed by atoms with Crippen molar-refractivity contribution in [1.29, 1.82) is 0 Å².